The number of nitrogens with zero attached hydrogens (tertiary/aromatic N) is 2. The summed E-state index contributed by atoms with van der Waals surface area (Å²) in [5, 5.41) is 9.41. The van der Waals surface area contributed by atoms with Crippen LogP contribution in [0.5, 0.6) is 11.6 Å². The van der Waals surface area contributed by atoms with E-state index in [1.54, 1.807) is 0 Å². The molecule has 0 aliphatic carbocycles. The van der Waals surface area contributed by atoms with Crippen LogP contribution >= 0.6 is 0 Å². The summed E-state index contributed by atoms with van der Waals surface area (Å²) < 4.78 is 44.3. The third kappa shape index (κ3) is 5.28. The number of aromatic carboxylic acids is 1. The van der Waals surface area contributed by atoms with Crippen molar-refractivity contribution in [1.29, 1.82) is 0 Å². The molecule has 1 aromatic heterocycles. The van der Waals surface area contributed by atoms with Crippen molar-refractivity contribution in [3.63, 3.8) is 0 Å². The van der Waals surface area contributed by atoms with Gasteiger partial charge in [0.05, 0.1) is 5.56 Å². The molecule has 0 radical (unpaired) electrons. The number of anilines is 1. The summed E-state index contributed by atoms with van der Waals surface area (Å²) in [7, 11) is 0. The zero-order valence-corrected chi connectivity index (χ0v) is 16.1. The number of hydrogen-bond acceptors (Lipinski definition) is 4. The average Bonchev–Trinajstić information content (AvgIpc) is 2.72. The Kier molecular flexibility index (Phi) is 6.25. The van der Waals surface area contributed by atoms with Gasteiger partial charge in [0.2, 0.25) is 5.88 Å². The lowest BCUT2D eigenvalue weighted by Crippen LogP contribution is -2.22. The van der Waals surface area contributed by atoms with Gasteiger partial charge >= 0.3 is 12.1 Å². The Morgan fingerprint density at radius 1 is 1.07 bits per heavy atom. The predicted octanol–water partition coefficient (Wildman–Crippen LogP) is 5.62. The van der Waals surface area contributed by atoms with Gasteiger partial charge in [-0.15, -0.1) is 0 Å². The fourth-order valence-corrected chi connectivity index (χ4v) is 2.88. The highest BCUT2D eigenvalue weighted by molar-refractivity contribution is 5.87. The van der Waals surface area contributed by atoms with Gasteiger partial charge in [-0.2, -0.15) is 13.2 Å². The summed E-state index contributed by atoms with van der Waals surface area (Å²) in [6.45, 7) is 3.00. The van der Waals surface area contributed by atoms with E-state index in [-0.39, 0.29) is 17.3 Å². The minimum Gasteiger partial charge on any atom is -0.477 e. The molecule has 1 N–H and O–H groups in total. The molecular weight excluding hydrogens is 397 g/mol. The Morgan fingerprint density at radius 3 is 2.43 bits per heavy atom. The second-order valence-electron chi connectivity index (χ2n) is 6.48. The molecule has 0 saturated carbocycles. The van der Waals surface area contributed by atoms with Crippen molar-refractivity contribution in [2.45, 2.75) is 19.6 Å². The van der Waals surface area contributed by atoms with Gasteiger partial charge in [-0.25, -0.2) is 9.78 Å². The van der Waals surface area contributed by atoms with Gasteiger partial charge in [-0.05, 0) is 36.8 Å². The van der Waals surface area contributed by atoms with Crippen molar-refractivity contribution in [1.82, 2.24) is 4.98 Å². The molecule has 0 unspecified atom stereocenters. The largest absolute Gasteiger partial charge is 0.477 e. The normalized spacial score (nSPS) is 11.2. The van der Waals surface area contributed by atoms with Crippen molar-refractivity contribution in [2.75, 3.05) is 11.4 Å². The van der Waals surface area contributed by atoms with Crippen LogP contribution < -0.4 is 9.64 Å². The van der Waals surface area contributed by atoms with E-state index in [9.17, 15) is 23.1 Å². The molecule has 1 heterocycles. The Labute approximate surface area is 171 Å². The van der Waals surface area contributed by atoms with Gasteiger partial charge in [0.15, 0.2) is 5.69 Å². The monoisotopic (exact) mass is 416 g/mol. The van der Waals surface area contributed by atoms with E-state index in [0.717, 1.165) is 17.7 Å². The molecular formula is C22H19F3N2O3. The van der Waals surface area contributed by atoms with Gasteiger partial charge in [0, 0.05) is 24.8 Å². The lowest BCUT2D eigenvalue weighted by molar-refractivity contribution is -0.137. The van der Waals surface area contributed by atoms with E-state index in [2.05, 4.69) is 4.98 Å². The average molecular weight is 416 g/mol. The van der Waals surface area contributed by atoms with E-state index >= 15 is 0 Å². The van der Waals surface area contributed by atoms with Gasteiger partial charge in [0.25, 0.3) is 0 Å². The SMILES string of the molecule is CCN(Cc1ccccc1)c1cc(Oc2cccc(C(F)(F)F)c2)nc(C(=O)O)c1. The number of carbonyl (C=O) groups is 1. The van der Waals surface area contributed by atoms with Crippen LogP contribution in [0.1, 0.15) is 28.5 Å². The number of ether oxygens (including phenoxy) is 1. The Hall–Kier alpha value is -3.55. The molecule has 0 atom stereocenters. The van der Waals surface area contributed by atoms with E-state index in [1.807, 2.05) is 42.2 Å². The predicted molar refractivity (Wildman–Crippen MR) is 106 cm³/mol. The van der Waals surface area contributed by atoms with Crippen LogP contribution in [0.15, 0.2) is 66.7 Å². The fourth-order valence-electron chi connectivity index (χ4n) is 2.88. The molecule has 0 spiro atoms. The highest BCUT2D eigenvalue weighted by atomic mass is 19.4. The van der Waals surface area contributed by atoms with Crippen LogP contribution in [0, 0.1) is 0 Å². The van der Waals surface area contributed by atoms with Crippen molar-refractivity contribution < 1.29 is 27.8 Å². The maximum atomic E-state index is 12.9. The Bertz CT molecular complexity index is 1020. The number of rotatable bonds is 7. The smallest absolute Gasteiger partial charge is 0.416 e. The topological polar surface area (TPSA) is 62.7 Å². The van der Waals surface area contributed by atoms with E-state index < -0.39 is 17.7 Å². The molecule has 0 bridgehead atoms. The lowest BCUT2D eigenvalue weighted by Gasteiger charge is -2.24. The molecule has 30 heavy (non-hydrogen) atoms. The molecule has 0 amide bonds. The fraction of sp³-hybridized carbons (Fsp3) is 0.182. The summed E-state index contributed by atoms with van der Waals surface area (Å²) in [6.07, 6.45) is -4.52. The maximum Gasteiger partial charge on any atom is 0.416 e. The number of aromatic nitrogens is 1. The first-order valence-electron chi connectivity index (χ1n) is 9.15. The quantitative estimate of drug-likeness (QED) is 0.542. The summed E-state index contributed by atoms with van der Waals surface area (Å²) in [4.78, 5) is 17.4. The highest BCUT2D eigenvalue weighted by Gasteiger charge is 2.30. The molecule has 2 aromatic carbocycles. The van der Waals surface area contributed by atoms with Gasteiger partial charge in [-0.1, -0.05) is 36.4 Å². The number of benzene rings is 2. The van der Waals surface area contributed by atoms with E-state index in [4.69, 9.17) is 4.74 Å². The number of hydrogen-bond donors (Lipinski definition) is 1. The maximum absolute atomic E-state index is 12.9. The summed E-state index contributed by atoms with van der Waals surface area (Å²) >= 11 is 0. The van der Waals surface area contributed by atoms with Crippen LogP contribution in [0.25, 0.3) is 0 Å². The first kappa shape index (κ1) is 21.2. The van der Waals surface area contributed by atoms with Crippen LogP contribution in [0.2, 0.25) is 0 Å². The molecule has 0 saturated heterocycles. The summed E-state index contributed by atoms with van der Waals surface area (Å²) in [5.74, 6) is -1.45. The zero-order valence-electron chi connectivity index (χ0n) is 16.1. The van der Waals surface area contributed by atoms with Gasteiger partial charge in [-0.3, -0.25) is 0 Å². The molecule has 156 valence electrons. The molecule has 0 aliphatic heterocycles. The zero-order chi connectivity index (χ0) is 21.7. The molecule has 5 nitrogen and oxygen atoms in total. The third-order valence-electron chi connectivity index (χ3n) is 4.35. The minimum absolute atomic E-state index is 0.0862. The number of carboxylic acid groups (broad SMARTS) is 1. The molecule has 3 rings (SSSR count). The highest BCUT2D eigenvalue weighted by Crippen LogP contribution is 2.33. The van der Waals surface area contributed by atoms with Crippen molar-refractivity contribution in [2.24, 2.45) is 0 Å². The van der Waals surface area contributed by atoms with Crippen molar-refractivity contribution >= 4 is 11.7 Å². The summed E-state index contributed by atoms with van der Waals surface area (Å²) in [6, 6.07) is 16.9. The Morgan fingerprint density at radius 2 is 1.80 bits per heavy atom. The first-order valence-corrected chi connectivity index (χ1v) is 9.15. The lowest BCUT2D eigenvalue weighted by atomic mass is 10.2. The first-order chi connectivity index (χ1) is 14.3. The number of alkyl halides is 3. The van der Waals surface area contributed by atoms with Gasteiger partial charge < -0.3 is 14.7 Å². The molecule has 8 heteroatoms. The number of carboxylic acids is 1. The summed E-state index contributed by atoms with van der Waals surface area (Å²) in [5.41, 5.74) is 0.430. The Balaban J connectivity index is 1.94. The molecule has 0 aliphatic rings. The second-order valence-corrected chi connectivity index (χ2v) is 6.48. The van der Waals surface area contributed by atoms with Crippen LogP contribution in [-0.2, 0) is 12.7 Å². The third-order valence-corrected chi connectivity index (χ3v) is 4.35. The second kappa shape index (κ2) is 8.86. The standard InChI is InChI=1S/C22H19F3N2O3/c1-2-27(14-15-7-4-3-5-8-15)17-12-19(21(28)29)26-20(13-17)30-18-10-6-9-16(11-18)22(23,24)25/h3-13H,2,14H2,1H3,(H,28,29). The van der Waals surface area contributed by atoms with E-state index in [1.165, 1.54) is 24.3 Å². The van der Waals surface area contributed by atoms with Crippen LogP contribution in [0.4, 0.5) is 18.9 Å². The number of halogens is 3. The van der Waals surface area contributed by atoms with E-state index in [0.29, 0.717) is 18.8 Å². The van der Waals surface area contributed by atoms with Crippen LogP contribution in [-0.4, -0.2) is 22.6 Å². The molecule has 3 aromatic rings. The van der Waals surface area contributed by atoms with Gasteiger partial charge in [0.1, 0.15) is 5.75 Å². The molecule has 0 fully saturated rings. The number of pyridine rings is 1. The van der Waals surface area contributed by atoms with Crippen LogP contribution in [0.3, 0.4) is 0 Å². The van der Waals surface area contributed by atoms with Crippen molar-refractivity contribution in [3.8, 4) is 11.6 Å². The van der Waals surface area contributed by atoms with Crippen molar-refractivity contribution in [3.05, 3.63) is 83.6 Å². The minimum atomic E-state index is -4.52.